The smallest absolute Gasteiger partial charge is 0.318 e. The largest absolute Gasteiger partial charge is 0.326 e. The van der Waals surface area contributed by atoms with Crippen LogP contribution in [0.25, 0.3) is 11.0 Å². The summed E-state index contributed by atoms with van der Waals surface area (Å²) < 4.78 is 0. The van der Waals surface area contributed by atoms with E-state index in [0.717, 1.165) is 30.7 Å². The molecule has 0 spiro atoms. The van der Waals surface area contributed by atoms with Crippen molar-refractivity contribution in [3.63, 3.8) is 0 Å². The highest BCUT2D eigenvalue weighted by molar-refractivity contribution is 5.96. The number of benzene rings is 2. The van der Waals surface area contributed by atoms with Crippen LogP contribution in [-0.2, 0) is 11.3 Å². The molecular formula is C22H26N6O2. The molecule has 1 atom stereocenters. The standard InChI is InChI=1S/C22H26N6O2/c1-16(20(29)26-21-24-18-9-5-6-10-19(18)25-21)23-22(30)28-13-11-27(12-14-28)15-17-7-3-2-4-8-17/h2-10,16H,11-15H2,1H3,(H,23,30)(H2,24,25,26,29)/t16-/m0/s1. The average Bonchev–Trinajstić information content (AvgIpc) is 3.17. The molecule has 2 heterocycles. The normalized spacial score (nSPS) is 15.7. The minimum absolute atomic E-state index is 0.221. The summed E-state index contributed by atoms with van der Waals surface area (Å²) in [6.45, 7) is 5.44. The zero-order valence-corrected chi connectivity index (χ0v) is 17.0. The molecule has 30 heavy (non-hydrogen) atoms. The lowest BCUT2D eigenvalue weighted by atomic mass is 10.2. The molecule has 3 N–H and O–H groups in total. The van der Waals surface area contributed by atoms with Crippen LogP contribution in [0.1, 0.15) is 12.5 Å². The third-order valence-electron chi connectivity index (χ3n) is 5.27. The molecule has 8 heteroatoms. The van der Waals surface area contributed by atoms with Gasteiger partial charge >= 0.3 is 6.03 Å². The number of aromatic amines is 1. The second-order valence-corrected chi connectivity index (χ2v) is 7.51. The van der Waals surface area contributed by atoms with Gasteiger partial charge in [0, 0.05) is 32.7 Å². The monoisotopic (exact) mass is 406 g/mol. The Labute approximate surface area is 175 Å². The molecule has 1 saturated heterocycles. The number of carbonyl (C=O) groups is 2. The van der Waals surface area contributed by atoms with Crippen molar-refractivity contribution in [1.82, 2.24) is 25.1 Å². The number of nitrogens with one attached hydrogen (secondary N) is 3. The Kier molecular flexibility index (Phi) is 5.94. The second kappa shape index (κ2) is 8.96. The zero-order chi connectivity index (χ0) is 20.9. The van der Waals surface area contributed by atoms with E-state index in [0.29, 0.717) is 19.0 Å². The van der Waals surface area contributed by atoms with Gasteiger partial charge in [-0.15, -0.1) is 0 Å². The first kappa shape index (κ1) is 19.9. The van der Waals surface area contributed by atoms with Gasteiger partial charge in [0.25, 0.3) is 0 Å². The van der Waals surface area contributed by atoms with Crippen LogP contribution in [0.2, 0.25) is 0 Å². The van der Waals surface area contributed by atoms with Crippen LogP contribution in [0.15, 0.2) is 54.6 Å². The number of rotatable bonds is 5. The minimum atomic E-state index is -0.673. The van der Waals surface area contributed by atoms with Crippen molar-refractivity contribution in [2.75, 3.05) is 31.5 Å². The van der Waals surface area contributed by atoms with Crippen LogP contribution >= 0.6 is 0 Å². The van der Waals surface area contributed by atoms with Gasteiger partial charge in [-0.3, -0.25) is 15.0 Å². The van der Waals surface area contributed by atoms with E-state index in [-0.39, 0.29) is 11.9 Å². The third kappa shape index (κ3) is 4.77. The van der Waals surface area contributed by atoms with Crippen molar-refractivity contribution < 1.29 is 9.59 Å². The number of nitrogens with zero attached hydrogens (tertiary/aromatic N) is 3. The van der Waals surface area contributed by atoms with Crippen molar-refractivity contribution in [1.29, 1.82) is 0 Å². The molecule has 8 nitrogen and oxygen atoms in total. The van der Waals surface area contributed by atoms with Crippen molar-refractivity contribution in [3.8, 4) is 0 Å². The summed E-state index contributed by atoms with van der Waals surface area (Å²) >= 11 is 0. The van der Waals surface area contributed by atoms with Gasteiger partial charge in [-0.05, 0) is 24.6 Å². The van der Waals surface area contributed by atoms with Gasteiger partial charge in [0.2, 0.25) is 11.9 Å². The van der Waals surface area contributed by atoms with Gasteiger partial charge in [0.15, 0.2) is 0 Å². The quantitative estimate of drug-likeness (QED) is 0.607. The first-order chi connectivity index (χ1) is 14.6. The van der Waals surface area contributed by atoms with Crippen LogP contribution in [-0.4, -0.2) is 63.9 Å². The fraction of sp³-hybridized carbons (Fsp3) is 0.318. The molecule has 1 fully saturated rings. The molecule has 156 valence electrons. The molecular weight excluding hydrogens is 380 g/mol. The summed E-state index contributed by atoms with van der Waals surface area (Å²) in [6.07, 6.45) is 0. The molecule has 4 rings (SSSR count). The van der Waals surface area contributed by atoms with Crippen LogP contribution < -0.4 is 10.6 Å². The Morgan fingerprint density at radius 3 is 2.47 bits per heavy atom. The van der Waals surface area contributed by atoms with Crippen molar-refractivity contribution >= 4 is 28.9 Å². The maximum absolute atomic E-state index is 12.6. The van der Waals surface area contributed by atoms with Crippen molar-refractivity contribution in [3.05, 3.63) is 60.2 Å². The summed E-state index contributed by atoms with van der Waals surface area (Å²) in [5.74, 6) is 0.0574. The Morgan fingerprint density at radius 1 is 1.03 bits per heavy atom. The van der Waals surface area contributed by atoms with E-state index in [1.807, 2.05) is 42.5 Å². The summed E-state index contributed by atoms with van der Waals surface area (Å²) in [6, 6.07) is 17.0. The van der Waals surface area contributed by atoms with E-state index in [4.69, 9.17) is 0 Å². The zero-order valence-electron chi connectivity index (χ0n) is 17.0. The van der Waals surface area contributed by atoms with Crippen LogP contribution in [0, 0.1) is 0 Å². The van der Waals surface area contributed by atoms with E-state index in [2.05, 4.69) is 37.6 Å². The summed E-state index contributed by atoms with van der Waals surface area (Å²) in [4.78, 5) is 36.5. The van der Waals surface area contributed by atoms with Crippen molar-refractivity contribution in [2.45, 2.75) is 19.5 Å². The Bertz CT molecular complexity index is 978. The number of fused-ring (bicyclic) bond motifs is 1. The number of hydrogen-bond donors (Lipinski definition) is 3. The lowest BCUT2D eigenvalue weighted by Crippen LogP contribution is -2.54. The van der Waals surface area contributed by atoms with E-state index in [9.17, 15) is 9.59 Å². The molecule has 0 unspecified atom stereocenters. The number of hydrogen-bond acceptors (Lipinski definition) is 4. The molecule has 0 saturated carbocycles. The molecule has 0 radical (unpaired) electrons. The van der Waals surface area contributed by atoms with Crippen LogP contribution in [0.3, 0.4) is 0 Å². The number of urea groups is 1. The molecule has 0 aliphatic carbocycles. The first-order valence-electron chi connectivity index (χ1n) is 10.2. The third-order valence-corrected chi connectivity index (χ3v) is 5.27. The lowest BCUT2D eigenvalue weighted by molar-refractivity contribution is -0.117. The van der Waals surface area contributed by atoms with E-state index < -0.39 is 6.04 Å². The first-order valence-corrected chi connectivity index (χ1v) is 10.2. The second-order valence-electron chi connectivity index (χ2n) is 7.51. The minimum Gasteiger partial charge on any atom is -0.326 e. The van der Waals surface area contributed by atoms with Gasteiger partial charge in [0.05, 0.1) is 11.0 Å². The fourth-order valence-electron chi connectivity index (χ4n) is 3.53. The summed E-state index contributed by atoms with van der Waals surface area (Å²) in [5.41, 5.74) is 2.89. The predicted molar refractivity (Wildman–Crippen MR) is 116 cm³/mol. The molecule has 3 aromatic rings. The number of carbonyl (C=O) groups excluding carboxylic acids is 2. The van der Waals surface area contributed by atoms with Gasteiger partial charge in [0.1, 0.15) is 6.04 Å². The number of para-hydroxylation sites is 2. The van der Waals surface area contributed by atoms with E-state index >= 15 is 0 Å². The number of amides is 3. The maximum atomic E-state index is 12.6. The van der Waals surface area contributed by atoms with Gasteiger partial charge < -0.3 is 15.2 Å². The van der Waals surface area contributed by atoms with Gasteiger partial charge in [-0.25, -0.2) is 9.78 Å². The lowest BCUT2D eigenvalue weighted by Gasteiger charge is -2.35. The van der Waals surface area contributed by atoms with E-state index in [1.165, 1.54) is 5.56 Å². The molecule has 1 aromatic heterocycles. The summed E-state index contributed by atoms with van der Waals surface area (Å²) in [7, 11) is 0. The summed E-state index contributed by atoms with van der Waals surface area (Å²) in [5, 5.41) is 5.51. The maximum Gasteiger partial charge on any atom is 0.318 e. The Hall–Kier alpha value is -3.39. The Balaban J connectivity index is 1.24. The Morgan fingerprint density at radius 2 is 1.73 bits per heavy atom. The van der Waals surface area contributed by atoms with Crippen LogP contribution in [0.4, 0.5) is 10.7 Å². The highest BCUT2D eigenvalue weighted by atomic mass is 16.2. The van der Waals surface area contributed by atoms with Gasteiger partial charge in [-0.2, -0.15) is 0 Å². The molecule has 1 aliphatic rings. The number of H-pyrrole nitrogens is 1. The number of aromatic nitrogens is 2. The van der Waals surface area contributed by atoms with Gasteiger partial charge in [-0.1, -0.05) is 42.5 Å². The molecule has 2 aromatic carbocycles. The van der Waals surface area contributed by atoms with Crippen molar-refractivity contribution in [2.24, 2.45) is 0 Å². The fourth-order valence-corrected chi connectivity index (χ4v) is 3.53. The highest BCUT2D eigenvalue weighted by Crippen LogP contribution is 2.13. The topological polar surface area (TPSA) is 93.4 Å². The predicted octanol–water partition coefficient (Wildman–Crippen LogP) is 2.42. The van der Waals surface area contributed by atoms with Crippen LogP contribution in [0.5, 0.6) is 0 Å². The number of anilines is 1. The molecule has 3 amide bonds. The highest BCUT2D eigenvalue weighted by Gasteiger charge is 2.24. The molecule has 0 bridgehead atoms. The molecule has 1 aliphatic heterocycles. The number of piperazine rings is 1. The SMILES string of the molecule is C[C@H](NC(=O)N1CCN(Cc2ccccc2)CC1)C(=O)Nc1nc2ccccc2[nH]1. The average molecular weight is 406 g/mol. The van der Waals surface area contributed by atoms with E-state index in [1.54, 1.807) is 11.8 Å². The number of imidazole rings is 1.